The van der Waals surface area contributed by atoms with Crippen LogP contribution in [0.5, 0.6) is 0 Å². The number of nitrogens with zero attached hydrogens (tertiary/aromatic N) is 1. The van der Waals surface area contributed by atoms with E-state index in [-0.39, 0.29) is 6.04 Å². The second kappa shape index (κ2) is 6.94. The van der Waals surface area contributed by atoms with E-state index in [4.69, 9.17) is 23.2 Å². The van der Waals surface area contributed by atoms with Crippen molar-refractivity contribution in [2.75, 3.05) is 26.7 Å². The van der Waals surface area contributed by atoms with E-state index in [2.05, 4.69) is 24.2 Å². The minimum absolute atomic E-state index is 0.268. The molecule has 1 N–H and O–H groups in total. The average molecular weight is 301 g/mol. The Morgan fingerprint density at radius 2 is 2.00 bits per heavy atom. The summed E-state index contributed by atoms with van der Waals surface area (Å²) in [5.74, 6) is 0.782. The Balaban J connectivity index is 1.85. The second-order valence-electron chi connectivity index (χ2n) is 5.54. The van der Waals surface area contributed by atoms with Crippen molar-refractivity contribution >= 4 is 23.2 Å². The highest BCUT2D eigenvalue weighted by atomic mass is 35.5. The van der Waals surface area contributed by atoms with Crippen LogP contribution in [0.15, 0.2) is 18.2 Å². The first kappa shape index (κ1) is 15.1. The minimum Gasteiger partial charge on any atom is -0.310 e. The zero-order valence-corrected chi connectivity index (χ0v) is 13.1. The van der Waals surface area contributed by atoms with Gasteiger partial charge in [-0.2, -0.15) is 0 Å². The lowest BCUT2D eigenvalue weighted by Crippen LogP contribution is -2.35. The van der Waals surface area contributed by atoms with Crippen molar-refractivity contribution in [2.45, 2.75) is 25.8 Å². The van der Waals surface area contributed by atoms with Crippen LogP contribution in [-0.2, 0) is 0 Å². The van der Waals surface area contributed by atoms with Gasteiger partial charge < -0.3 is 10.2 Å². The molecule has 1 unspecified atom stereocenters. The molecule has 1 aromatic rings. The molecule has 19 heavy (non-hydrogen) atoms. The largest absolute Gasteiger partial charge is 0.310 e. The van der Waals surface area contributed by atoms with Crippen molar-refractivity contribution < 1.29 is 0 Å². The summed E-state index contributed by atoms with van der Waals surface area (Å²) < 4.78 is 0. The molecule has 0 aliphatic carbocycles. The first-order valence-corrected chi connectivity index (χ1v) is 7.68. The van der Waals surface area contributed by atoms with Crippen LogP contribution < -0.4 is 5.32 Å². The van der Waals surface area contributed by atoms with Gasteiger partial charge in [0.25, 0.3) is 0 Å². The first-order chi connectivity index (χ1) is 9.06. The quantitative estimate of drug-likeness (QED) is 0.904. The van der Waals surface area contributed by atoms with E-state index in [0.29, 0.717) is 5.02 Å². The Morgan fingerprint density at radius 3 is 2.63 bits per heavy atom. The lowest BCUT2D eigenvalue weighted by atomic mass is 9.96. The van der Waals surface area contributed by atoms with Gasteiger partial charge in [-0.1, -0.05) is 29.3 Å². The van der Waals surface area contributed by atoms with Crippen molar-refractivity contribution in [3.8, 4) is 0 Å². The van der Waals surface area contributed by atoms with Crippen molar-refractivity contribution in [1.82, 2.24) is 10.2 Å². The smallest absolute Gasteiger partial charge is 0.0468 e. The van der Waals surface area contributed by atoms with Gasteiger partial charge >= 0.3 is 0 Å². The highest BCUT2D eigenvalue weighted by Gasteiger charge is 2.18. The number of hydrogen-bond donors (Lipinski definition) is 1. The number of benzene rings is 1. The van der Waals surface area contributed by atoms with Gasteiger partial charge in [-0.05, 0) is 70.1 Å². The molecule has 0 amide bonds. The van der Waals surface area contributed by atoms with Crippen molar-refractivity contribution in [3.63, 3.8) is 0 Å². The van der Waals surface area contributed by atoms with Crippen molar-refractivity contribution in [3.05, 3.63) is 33.8 Å². The van der Waals surface area contributed by atoms with E-state index >= 15 is 0 Å². The van der Waals surface area contributed by atoms with E-state index in [9.17, 15) is 0 Å². The van der Waals surface area contributed by atoms with Gasteiger partial charge in [0.2, 0.25) is 0 Å². The summed E-state index contributed by atoms with van der Waals surface area (Å²) in [4.78, 5) is 2.40. The minimum atomic E-state index is 0.268. The van der Waals surface area contributed by atoms with Crippen LogP contribution >= 0.6 is 23.2 Å². The van der Waals surface area contributed by atoms with Crippen LogP contribution in [0.3, 0.4) is 0 Å². The molecule has 2 rings (SSSR count). The Bertz CT molecular complexity index is 415. The fraction of sp³-hybridized carbons (Fsp3) is 0.600. The Kier molecular flexibility index (Phi) is 5.52. The van der Waals surface area contributed by atoms with Crippen LogP contribution in [-0.4, -0.2) is 31.6 Å². The van der Waals surface area contributed by atoms with Gasteiger partial charge in [-0.3, -0.25) is 0 Å². The summed E-state index contributed by atoms with van der Waals surface area (Å²) in [7, 11) is 2.19. The lowest BCUT2D eigenvalue weighted by Gasteiger charge is -2.30. The van der Waals surface area contributed by atoms with Crippen LogP contribution in [0.4, 0.5) is 0 Å². The van der Waals surface area contributed by atoms with Gasteiger partial charge in [0.05, 0.1) is 0 Å². The molecule has 0 saturated carbocycles. The topological polar surface area (TPSA) is 15.3 Å². The third kappa shape index (κ3) is 4.35. The maximum absolute atomic E-state index is 6.23. The summed E-state index contributed by atoms with van der Waals surface area (Å²) in [5, 5.41) is 5.03. The molecule has 106 valence electrons. The van der Waals surface area contributed by atoms with Gasteiger partial charge in [-0.15, -0.1) is 0 Å². The Labute approximate surface area is 126 Å². The molecule has 1 atom stereocenters. The van der Waals surface area contributed by atoms with Gasteiger partial charge in [0.15, 0.2) is 0 Å². The predicted octanol–water partition coefficient (Wildman–Crippen LogP) is 3.99. The molecule has 1 fully saturated rings. The van der Waals surface area contributed by atoms with Crippen LogP contribution in [0.2, 0.25) is 10.0 Å². The van der Waals surface area contributed by atoms with Crippen LogP contribution in [0.25, 0.3) is 0 Å². The molecule has 1 aromatic carbocycles. The third-order valence-corrected chi connectivity index (χ3v) is 4.54. The van der Waals surface area contributed by atoms with E-state index in [1.165, 1.54) is 25.9 Å². The number of halogens is 2. The Hall–Kier alpha value is -0.280. The summed E-state index contributed by atoms with van der Waals surface area (Å²) >= 11 is 12.2. The van der Waals surface area contributed by atoms with Crippen molar-refractivity contribution in [1.29, 1.82) is 0 Å². The second-order valence-corrected chi connectivity index (χ2v) is 6.39. The summed E-state index contributed by atoms with van der Waals surface area (Å²) in [6.45, 7) is 5.64. The number of likely N-dealkylation sites (tertiary alicyclic amines) is 1. The maximum atomic E-state index is 6.23. The predicted molar refractivity (Wildman–Crippen MR) is 83.1 cm³/mol. The van der Waals surface area contributed by atoms with Crippen LogP contribution in [0.1, 0.15) is 31.4 Å². The third-order valence-electron chi connectivity index (χ3n) is 3.98. The van der Waals surface area contributed by atoms with E-state index < -0.39 is 0 Å². The molecular weight excluding hydrogens is 279 g/mol. The molecule has 2 nitrogen and oxygen atoms in total. The summed E-state index contributed by atoms with van der Waals surface area (Å²) in [5.41, 5.74) is 1.12. The number of piperidine rings is 1. The molecule has 1 aliphatic heterocycles. The lowest BCUT2D eigenvalue weighted by molar-refractivity contribution is 0.213. The van der Waals surface area contributed by atoms with Crippen molar-refractivity contribution in [2.24, 2.45) is 5.92 Å². The molecule has 1 saturated heterocycles. The molecule has 0 bridgehead atoms. The number of nitrogens with one attached hydrogen (secondary N) is 1. The number of hydrogen-bond acceptors (Lipinski definition) is 2. The monoisotopic (exact) mass is 300 g/mol. The maximum Gasteiger partial charge on any atom is 0.0468 e. The summed E-state index contributed by atoms with van der Waals surface area (Å²) in [6.07, 6.45) is 2.56. The first-order valence-electron chi connectivity index (χ1n) is 6.93. The molecule has 4 heteroatoms. The molecule has 0 spiro atoms. The van der Waals surface area contributed by atoms with Gasteiger partial charge in [-0.25, -0.2) is 0 Å². The molecule has 0 radical (unpaired) electrons. The van der Waals surface area contributed by atoms with Gasteiger partial charge in [0.1, 0.15) is 0 Å². The zero-order valence-electron chi connectivity index (χ0n) is 11.6. The van der Waals surface area contributed by atoms with E-state index in [1.54, 1.807) is 0 Å². The van der Waals surface area contributed by atoms with E-state index in [1.807, 2.05) is 18.2 Å². The fourth-order valence-electron chi connectivity index (χ4n) is 2.57. The van der Waals surface area contributed by atoms with E-state index in [0.717, 1.165) is 23.0 Å². The standard InChI is InChI=1S/C15H22Cl2N2/c1-11(14-4-3-13(16)9-15(14)17)18-10-12-5-7-19(2)8-6-12/h3-4,9,11-12,18H,5-8,10H2,1-2H3. The highest BCUT2D eigenvalue weighted by Crippen LogP contribution is 2.26. The Morgan fingerprint density at radius 1 is 1.32 bits per heavy atom. The molecular formula is C15H22Cl2N2. The molecule has 0 aromatic heterocycles. The fourth-order valence-corrected chi connectivity index (χ4v) is 3.14. The normalized spacial score (nSPS) is 19.6. The van der Waals surface area contributed by atoms with Gasteiger partial charge in [0, 0.05) is 16.1 Å². The highest BCUT2D eigenvalue weighted by molar-refractivity contribution is 6.35. The zero-order chi connectivity index (χ0) is 13.8. The molecule has 1 aliphatic rings. The number of rotatable bonds is 4. The summed E-state index contributed by atoms with van der Waals surface area (Å²) in [6, 6.07) is 5.99. The average Bonchev–Trinajstić information content (AvgIpc) is 2.37. The van der Waals surface area contributed by atoms with Crippen LogP contribution in [0, 0.1) is 5.92 Å². The SMILES string of the molecule is CC(NCC1CCN(C)CC1)c1ccc(Cl)cc1Cl. The molecule has 1 heterocycles.